The highest BCUT2D eigenvalue weighted by atomic mass is 79.9. The summed E-state index contributed by atoms with van der Waals surface area (Å²) in [6.45, 7) is 0. The van der Waals surface area contributed by atoms with E-state index >= 15 is 0 Å². The molecule has 6 nitrogen and oxygen atoms in total. The standard InChI is InChI=1S/C28H14Br2N2O4/c29-17-3-7-19-15(13-17)1-5-23-21(19)9-11-25(31(33)34)27(23)28-24-6-2-16-14-18(30)4-8-20(16)22(24)10-12-26(28)32(35)36/h1-14H. The van der Waals surface area contributed by atoms with E-state index in [1.165, 1.54) is 12.1 Å². The maximum Gasteiger partial charge on any atom is 0.278 e. The van der Waals surface area contributed by atoms with Crippen molar-refractivity contribution in [2.75, 3.05) is 0 Å². The Morgan fingerprint density at radius 3 is 1.22 bits per heavy atom. The fourth-order valence-electron chi connectivity index (χ4n) is 5.04. The predicted octanol–water partition coefficient (Wildman–Crippen LogP) is 9.31. The van der Waals surface area contributed by atoms with E-state index in [4.69, 9.17) is 0 Å². The molecule has 0 aliphatic rings. The van der Waals surface area contributed by atoms with E-state index in [-0.39, 0.29) is 22.5 Å². The first-order valence-corrected chi connectivity index (χ1v) is 12.5. The molecule has 6 aromatic carbocycles. The Labute approximate surface area is 220 Å². The molecular formula is C28H14Br2N2O4. The molecule has 0 saturated heterocycles. The first-order chi connectivity index (χ1) is 17.3. The van der Waals surface area contributed by atoms with Crippen LogP contribution in [0.3, 0.4) is 0 Å². The van der Waals surface area contributed by atoms with E-state index in [0.717, 1.165) is 41.3 Å². The van der Waals surface area contributed by atoms with Crippen LogP contribution in [0.2, 0.25) is 0 Å². The second-order valence-corrected chi connectivity index (χ2v) is 10.3. The topological polar surface area (TPSA) is 86.3 Å². The molecule has 0 atom stereocenters. The van der Waals surface area contributed by atoms with Crippen molar-refractivity contribution in [3.63, 3.8) is 0 Å². The van der Waals surface area contributed by atoms with Crippen molar-refractivity contribution in [1.29, 1.82) is 0 Å². The fraction of sp³-hybridized carbons (Fsp3) is 0. The van der Waals surface area contributed by atoms with Crippen molar-refractivity contribution in [1.82, 2.24) is 0 Å². The number of fused-ring (bicyclic) bond motifs is 6. The molecule has 0 aliphatic heterocycles. The van der Waals surface area contributed by atoms with Crippen LogP contribution in [0.5, 0.6) is 0 Å². The van der Waals surface area contributed by atoms with Gasteiger partial charge in [0.1, 0.15) is 0 Å². The quantitative estimate of drug-likeness (QED) is 0.115. The minimum Gasteiger partial charge on any atom is -0.258 e. The fourth-order valence-corrected chi connectivity index (χ4v) is 5.80. The summed E-state index contributed by atoms with van der Waals surface area (Å²) in [7, 11) is 0. The van der Waals surface area contributed by atoms with Gasteiger partial charge in [0, 0.05) is 21.1 Å². The van der Waals surface area contributed by atoms with Crippen molar-refractivity contribution >= 4 is 86.3 Å². The van der Waals surface area contributed by atoms with Gasteiger partial charge in [0.25, 0.3) is 11.4 Å². The maximum atomic E-state index is 12.2. The summed E-state index contributed by atoms with van der Waals surface area (Å²) < 4.78 is 1.83. The van der Waals surface area contributed by atoms with Crippen molar-refractivity contribution in [2.45, 2.75) is 0 Å². The highest BCUT2D eigenvalue weighted by Crippen LogP contribution is 2.47. The predicted molar refractivity (Wildman–Crippen MR) is 151 cm³/mol. The van der Waals surface area contributed by atoms with Gasteiger partial charge in [-0.15, -0.1) is 0 Å². The minimum atomic E-state index is -0.471. The lowest BCUT2D eigenvalue weighted by atomic mass is 9.88. The second-order valence-electron chi connectivity index (χ2n) is 8.49. The Bertz CT molecular complexity index is 1790. The molecule has 0 fully saturated rings. The molecule has 6 rings (SSSR count). The zero-order valence-corrected chi connectivity index (χ0v) is 21.5. The van der Waals surface area contributed by atoms with Crippen molar-refractivity contribution in [2.24, 2.45) is 0 Å². The Morgan fingerprint density at radius 2 is 0.833 bits per heavy atom. The van der Waals surface area contributed by atoms with Crippen LogP contribution in [-0.4, -0.2) is 9.85 Å². The monoisotopic (exact) mass is 600 g/mol. The zero-order chi connectivity index (χ0) is 25.1. The number of hydrogen-bond acceptors (Lipinski definition) is 4. The lowest BCUT2D eigenvalue weighted by Gasteiger charge is -2.14. The first kappa shape index (κ1) is 22.6. The summed E-state index contributed by atoms with van der Waals surface area (Å²) in [4.78, 5) is 23.5. The van der Waals surface area contributed by atoms with Gasteiger partial charge in [0.05, 0.1) is 21.0 Å². The largest absolute Gasteiger partial charge is 0.278 e. The van der Waals surface area contributed by atoms with Gasteiger partial charge in [-0.1, -0.05) is 68.3 Å². The number of rotatable bonds is 3. The number of hydrogen-bond donors (Lipinski definition) is 0. The smallest absolute Gasteiger partial charge is 0.258 e. The number of nitrogens with zero attached hydrogens (tertiary/aromatic N) is 2. The van der Waals surface area contributed by atoms with E-state index in [2.05, 4.69) is 31.9 Å². The molecule has 6 aromatic rings. The highest BCUT2D eigenvalue weighted by Gasteiger charge is 2.28. The van der Waals surface area contributed by atoms with Crippen LogP contribution in [0, 0.1) is 20.2 Å². The summed E-state index contributed by atoms with van der Waals surface area (Å²) in [6.07, 6.45) is 0. The van der Waals surface area contributed by atoms with E-state index in [1.54, 1.807) is 12.1 Å². The Morgan fingerprint density at radius 1 is 0.472 bits per heavy atom. The van der Waals surface area contributed by atoms with E-state index in [0.29, 0.717) is 10.8 Å². The minimum absolute atomic E-state index is 0.175. The average Bonchev–Trinajstić information content (AvgIpc) is 2.86. The van der Waals surface area contributed by atoms with E-state index in [9.17, 15) is 20.2 Å². The molecule has 174 valence electrons. The van der Waals surface area contributed by atoms with Crippen LogP contribution in [-0.2, 0) is 0 Å². The van der Waals surface area contributed by atoms with Gasteiger partial charge in [0.15, 0.2) is 0 Å². The van der Waals surface area contributed by atoms with Gasteiger partial charge < -0.3 is 0 Å². The van der Waals surface area contributed by atoms with E-state index < -0.39 is 9.85 Å². The third-order valence-corrected chi connectivity index (χ3v) is 7.54. The zero-order valence-electron chi connectivity index (χ0n) is 18.4. The van der Waals surface area contributed by atoms with Crippen LogP contribution in [0.25, 0.3) is 54.2 Å². The molecule has 0 bridgehead atoms. The number of benzene rings is 6. The van der Waals surface area contributed by atoms with Gasteiger partial charge in [-0.25, -0.2) is 0 Å². The lowest BCUT2D eigenvalue weighted by Crippen LogP contribution is -1.99. The maximum absolute atomic E-state index is 12.2. The normalized spacial score (nSPS) is 11.5. The summed E-state index contributed by atoms with van der Waals surface area (Å²) in [6, 6.07) is 25.4. The van der Waals surface area contributed by atoms with Gasteiger partial charge in [-0.2, -0.15) is 0 Å². The number of halogens is 2. The van der Waals surface area contributed by atoms with Crippen molar-refractivity contribution in [3.8, 4) is 11.1 Å². The van der Waals surface area contributed by atoms with Gasteiger partial charge in [-0.05, 0) is 79.5 Å². The summed E-state index contributed by atoms with van der Waals surface area (Å²) in [5.41, 5.74) is 0.142. The van der Waals surface area contributed by atoms with Crippen molar-refractivity contribution in [3.05, 3.63) is 114 Å². The molecule has 0 amide bonds. The Kier molecular flexibility index (Phi) is 5.24. The Balaban J connectivity index is 1.83. The first-order valence-electron chi connectivity index (χ1n) is 10.9. The van der Waals surface area contributed by atoms with Crippen LogP contribution in [0.4, 0.5) is 11.4 Å². The molecule has 0 heterocycles. The second kappa shape index (κ2) is 8.36. The highest BCUT2D eigenvalue weighted by molar-refractivity contribution is 9.10. The summed E-state index contributed by atoms with van der Waals surface area (Å²) >= 11 is 6.98. The lowest BCUT2D eigenvalue weighted by molar-refractivity contribution is -0.386. The molecule has 0 saturated carbocycles. The molecular weight excluding hydrogens is 588 g/mol. The molecule has 8 heteroatoms. The third-order valence-electron chi connectivity index (χ3n) is 6.56. The van der Waals surface area contributed by atoms with Crippen LogP contribution in [0.1, 0.15) is 0 Å². The van der Waals surface area contributed by atoms with Crippen LogP contribution in [0.15, 0.2) is 93.9 Å². The van der Waals surface area contributed by atoms with Crippen LogP contribution >= 0.6 is 31.9 Å². The molecule has 36 heavy (non-hydrogen) atoms. The summed E-state index contributed by atoms with van der Waals surface area (Å²) in [5.74, 6) is 0. The van der Waals surface area contributed by atoms with Crippen molar-refractivity contribution < 1.29 is 9.85 Å². The van der Waals surface area contributed by atoms with Gasteiger partial charge in [-0.3, -0.25) is 20.2 Å². The number of nitro groups is 2. The molecule has 0 N–H and O–H groups in total. The summed E-state index contributed by atoms with van der Waals surface area (Å²) in [5, 5.41) is 31.0. The third kappa shape index (κ3) is 3.44. The number of nitro benzene ring substituents is 2. The molecule has 0 unspecified atom stereocenters. The molecule has 0 aromatic heterocycles. The molecule has 0 radical (unpaired) electrons. The SMILES string of the molecule is O=[N+]([O-])c1ccc2c(ccc3cc(Br)ccc32)c1-c1c([N+](=O)[O-])ccc2c1ccc1cc(Br)ccc12. The van der Waals surface area contributed by atoms with Gasteiger partial charge >= 0.3 is 0 Å². The average molecular weight is 602 g/mol. The molecule has 0 spiro atoms. The van der Waals surface area contributed by atoms with E-state index in [1.807, 2.05) is 60.7 Å². The Hall–Kier alpha value is -3.88. The van der Waals surface area contributed by atoms with Crippen LogP contribution < -0.4 is 0 Å². The molecule has 0 aliphatic carbocycles. The van der Waals surface area contributed by atoms with Gasteiger partial charge in [0.2, 0.25) is 0 Å².